The Hall–Kier alpha value is -0.460. The molecule has 1 aliphatic rings. The van der Waals surface area contributed by atoms with Gasteiger partial charge in [0.05, 0.1) is 25.9 Å². The number of rotatable bonds is 5. The van der Waals surface area contributed by atoms with E-state index in [0.717, 1.165) is 17.4 Å². The molecule has 3 nitrogen and oxygen atoms in total. The first-order valence-corrected chi connectivity index (χ1v) is 9.07. The van der Waals surface area contributed by atoms with Crippen molar-refractivity contribution in [2.45, 2.75) is 25.5 Å². The van der Waals surface area contributed by atoms with E-state index < -0.39 is 0 Å². The van der Waals surface area contributed by atoms with Gasteiger partial charge in [0.1, 0.15) is 6.10 Å². The molecule has 1 aromatic heterocycles. The number of hydrogen-bond donors (Lipinski definition) is 1. The van der Waals surface area contributed by atoms with Crippen LogP contribution in [0.2, 0.25) is 0 Å². The molecule has 2 heterocycles. The number of fused-ring (bicyclic) bond motifs is 1. The van der Waals surface area contributed by atoms with Crippen molar-refractivity contribution < 1.29 is 9.47 Å². The molecule has 1 saturated heterocycles. The van der Waals surface area contributed by atoms with E-state index >= 15 is 0 Å². The minimum absolute atomic E-state index is 0.0853. The van der Waals surface area contributed by atoms with E-state index in [0.29, 0.717) is 19.8 Å². The average Bonchev–Trinajstić information content (AvgIpc) is 2.94. The van der Waals surface area contributed by atoms with E-state index in [1.165, 1.54) is 15.6 Å². The summed E-state index contributed by atoms with van der Waals surface area (Å²) in [5.74, 6) is 0. The Balaban J connectivity index is 1.95. The maximum atomic E-state index is 5.95. The normalized spacial score (nSPS) is 20.8. The molecular weight excluding hydrogens is 350 g/mol. The Morgan fingerprint density at radius 3 is 3.10 bits per heavy atom. The fraction of sp³-hybridized carbons (Fsp3) is 0.500. The molecule has 0 radical (unpaired) electrons. The Bertz CT molecular complexity index is 595. The highest BCUT2D eigenvalue weighted by atomic mass is 79.9. The monoisotopic (exact) mass is 369 g/mol. The molecule has 2 aromatic rings. The summed E-state index contributed by atoms with van der Waals surface area (Å²) >= 11 is 5.43. The van der Waals surface area contributed by atoms with Gasteiger partial charge >= 0.3 is 0 Å². The lowest BCUT2D eigenvalue weighted by Gasteiger charge is -2.31. The third-order valence-corrected chi connectivity index (χ3v) is 5.72. The lowest BCUT2D eigenvalue weighted by atomic mass is 10.00. The zero-order chi connectivity index (χ0) is 14.7. The molecule has 5 heteroatoms. The van der Waals surface area contributed by atoms with E-state index in [9.17, 15) is 0 Å². The molecule has 0 saturated carbocycles. The molecule has 1 fully saturated rings. The summed E-state index contributed by atoms with van der Waals surface area (Å²) in [6.07, 6.45) is 1.19. The van der Waals surface area contributed by atoms with Gasteiger partial charge in [-0.1, -0.05) is 19.1 Å². The summed E-state index contributed by atoms with van der Waals surface area (Å²) in [4.78, 5) is 0. The Kier molecular flexibility index (Phi) is 5.29. The first kappa shape index (κ1) is 15.4. The van der Waals surface area contributed by atoms with Crippen LogP contribution in [0.4, 0.5) is 0 Å². The van der Waals surface area contributed by atoms with Crippen molar-refractivity contribution in [2.24, 2.45) is 0 Å². The van der Waals surface area contributed by atoms with Crippen molar-refractivity contribution in [1.82, 2.24) is 5.32 Å². The second-order valence-corrected chi connectivity index (χ2v) is 6.96. The van der Waals surface area contributed by atoms with Crippen molar-refractivity contribution in [3.05, 3.63) is 33.6 Å². The molecule has 0 bridgehead atoms. The molecule has 1 aliphatic heterocycles. The van der Waals surface area contributed by atoms with E-state index in [1.54, 1.807) is 11.3 Å². The lowest BCUT2D eigenvalue weighted by molar-refractivity contribution is -0.102. The molecule has 1 aromatic carbocycles. The fourth-order valence-electron chi connectivity index (χ4n) is 2.72. The third-order valence-electron chi connectivity index (χ3n) is 3.74. The van der Waals surface area contributed by atoms with E-state index in [2.05, 4.69) is 51.7 Å². The minimum Gasteiger partial charge on any atom is -0.376 e. The number of halogens is 1. The summed E-state index contributed by atoms with van der Waals surface area (Å²) < 4.78 is 14.0. The second kappa shape index (κ2) is 7.20. The van der Waals surface area contributed by atoms with Gasteiger partial charge in [0.25, 0.3) is 0 Å². The highest BCUT2D eigenvalue weighted by Crippen LogP contribution is 2.37. The van der Waals surface area contributed by atoms with E-state index in [-0.39, 0.29) is 12.1 Å². The van der Waals surface area contributed by atoms with Crippen LogP contribution in [0.5, 0.6) is 0 Å². The Morgan fingerprint density at radius 2 is 2.33 bits per heavy atom. The molecule has 0 aliphatic carbocycles. The van der Waals surface area contributed by atoms with Crippen LogP contribution in [0.3, 0.4) is 0 Å². The summed E-state index contributed by atoms with van der Waals surface area (Å²) in [6.45, 7) is 5.21. The number of thiophene rings is 1. The largest absolute Gasteiger partial charge is 0.376 e. The van der Waals surface area contributed by atoms with Crippen molar-refractivity contribution in [3.8, 4) is 0 Å². The van der Waals surface area contributed by atoms with Gasteiger partial charge in [-0.2, -0.15) is 0 Å². The first-order chi connectivity index (χ1) is 10.3. The van der Waals surface area contributed by atoms with Gasteiger partial charge in [-0.05, 0) is 51.3 Å². The maximum Gasteiger partial charge on any atom is 0.100 e. The van der Waals surface area contributed by atoms with Gasteiger partial charge in [-0.25, -0.2) is 0 Å². The van der Waals surface area contributed by atoms with Crippen LogP contribution in [0.1, 0.15) is 24.9 Å². The summed E-state index contributed by atoms with van der Waals surface area (Å²) in [7, 11) is 0. The highest BCUT2D eigenvalue weighted by molar-refractivity contribution is 9.10. The topological polar surface area (TPSA) is 30.5 Å². The summed E-state index contributed by atoms with van der Waals surface area (Å²) in [5, 5.41) is 7.19. The fourth-order valence-corrected chi connectivity index (χ4v) is 4.38. The van der Waals surface area contributed by atoms with Gasteiger partial charge in [-0.3, -0.25) is 0 Å². The number of ether oxygens (including phenoxy) is 2. The molecule has 1 N–H and O–H groups in total. The van der Waals surface area contributed by atoms with Gasteiger partial charge < -0.3 is 14.8 Å². The molecule has 0 amide bonds. The molecule has 2 atom stereocenters. The minimum atomic E-state index is 0.0853. The smallest absolute Gasteiger partial charge is 0.100 e. The van der Waals surface area contributed by atoms with Crippen LogP contribution in [-0.4, -0.2) is 32.5 Å². The van der Waals surface area contributed by atoms with E-state index in [4.69, 9.17) is 9.47 Å². The van der Waals surface area contributed by atoms with Crippen molar-refractivity contribution in [2.75, 3.05) is 26.4 Å². The predicted octanol–water partition coefficient (Wildman–Crippen LogP) is 4.12. The summed E-state index contributed by atoms with van der Waals surface area (Å²) in [6, 6.07) is 6.57. The Morgan fingerprint density at radius 1 is 1.43 bits per heavy atom. The average molecular weight is 370 g/mol. The third kappa shape index (κ3) is 3.32. The van der Waals surface area contributed by atoms with Crippen LogP contribution in [0.15, 0.2) is 28.1 Å². The Labute approximate surface area is 137 Å². The molecule has 21 heavy (non-hydrogen) atoms. The van der Waals surface area contributed by atoms with Crippen LogP contribution < -0.4 is 5.32 Å². The second-order valence-electron chi connectivity index (χ2n) is 5.22. The molecule has 114 valence electrons. The van der Waals surface area contributed by atoms with Crippen molar-refractivity contribution >= 4 is 37.4 Å². The van der Waals surface area contributed by atoms with Gasteiger partial charge in [0.15, 0.2) is 0 Å². The van der Waals surface area contributed by atoms with Gasteiger partial charge in [-0.15, -0.1) is 11.3 Å². The first-order valence-electron chi connectivity index (χ1n) is 7.39. The number of benzene rings is 1. The van der Waals surface area contributed by atoms with Crippen LogP contribution >= 0.6 is 27.3 Å². The standard InChI is InChI=1S/C16H20BrNO2S/c1-2-6-18-15(14-9-19-7-8-20-14)12-10-21-16-11(12)4-3-5-13(16)17/h3-5,10,14-15,18H,2,6-9H2,1H3. The van der Waals surface area contributed by atoms with Crippen molar-refractivity contribution in [3.63, 3.8) is 0 Å². The SMILES string of the molecule is CCCNC(c1csc2c(Br)cccc12)C1COCCO1. The number of nitrogens with one attached hydrogen (secondary N) is 1. The van der Waals surface area contributed by atoms with Gasteiger partial charge in [0.2, 0.25) is 0 Å². The summed E-state index contributed by atoms with van der Waals surface area (Å²) in [5.41, 5.74) is 1.32. The van der Waals surface area contributed by atoms with Gasteiger partial charge in [0, 0.05) is 9.17 Å². The molecule has 3 rings (SSSR count). The molecule has 0 spiro atoms. The van der Waals surface area contributed by atoms with Crippen LogP contribution in [0.25, 0.3) is 10.1 Å². The maximum absolute atomic E-state index is 5.95. The van der Waals surface area contributed by atoms with Crippen LogP contribution in [-0.2, 0) is 9.47 Å². The van der Waals surface area contributed by atoms with Crippen LogP contribution in [0, 0.1) is 0 Å². The quantitative estimate of drug-likeness (QED) is 0.859. The molecule has 2 unspecified atom stereocenters. The highest BCUT2D eigenvalue weighted by Gasteiger charge is 2.28. The van der Waals surface area contributed by atoms with E-state index in [1.807, 2.05) is 0 Å². The molecular formula is C16H20BrNO2S. The zero-order valence-electron chi connectivity index (χ0n) is 12.1. The lowest BCUT2D eigenvalue weighted by Crippen LogP contribution is -2.40. The zero-order valence-corrected chi connectivity index (χ0v) is 14.5. The van der Waals surface area contributed by atoms with Crippen molar-refractivity contribution in [1.29, 1.82) is 0 Å². The number of hydrogen-bond acceptors (Lipinski definition) is 4. The predicted molar refractivity (Wildman–Crippen MR) is 91.1 cm³/mol.